The number of carbonyl (C=O) groups excluding carboxylic acids is 2. The highest BCUT2D eigenvalue weighted by atomic mass is 16.5. The summed E-state index contributed by atoms with van der Waals surface area (Å²) in [7, 11) is 0. The van der Waals surface area contributed by atoms with Gasteiger partial charge in [-0.05, 0) is 71.2 Å². The molecule has 7 rings (SSSR count). The lowest BCUT2D eigenvalue weighted by molar-refractivity contribution is -0.118. The van der Waals surface area contributed by atoms with E-state index in [0.29, 0.717) is 35.9 Å². The van der Waals surface area contributed by atoms with E-state index in [1.165, 1.54) is 54.4 Å². The zero-order valence-electron chi connectivity index (χ0n) is 34.0. The Morgan fingerprint density at radius 1 is 0.614 bits per heavy atom. The number of anilines is 1. The number of amides is 1. The van der Waals surface area contributed by atoms with Crippen LogP contribution in [0.2, 0.25) is 0 Å². The van der Waals surface area contributed by atoms with Gasteiger partial charge in [0.2, 0.25) is 5.91 Å². The van der Waals surface area contributed by atoms with E-state index in [2.05, 4.69) is 79.7 Å². The highest BCUT2D eigenvalue weighted by Crippen LogP contribution is 2.33. The van der Waals surface area contributed by atoms with E-state index in [1.54, 1.807) is 23.1 Å². The van der Waals surface area contributed by atoms with Crippen LogP contribution in [0.4, 0.5) is 5.69 Å². The molecular weight excluding hydrogens is 703 g/mol. The topological polar surface area (TPSA) is 55.8 Å². The maximum Gasteiger partial charge on any atom is 0.342 e. The Labute approximate surface area is 340 Å². The van der Waals surface area contributed by atoms with Gasteiger partial charge < -0.3 is 14.4 Å². The Bertz CT molecular complexity index is 2070. The standard InChI is InChI=1S/C37H39NO4.C13H12.C2H6/c1-2-36(39)38(25-28-18-20-32(21-19-28)31-16-10-5-11-17-31)33-22-23-34(37(40)42-27-30-14-8-4-9-15-30)35(24-33)41-26-29-12-6-3-7-13-29;1-11-7-9-13(10-8-11)12-5-3-2-4-6-12;1-2/h3-4,6-9,12-15,18-24,31H,2,5,10-11,16-17,25-27H2,1H3;2-10H,1H3;1-2H3. The van der Waals surface area contributed by atoms with Crippen molar-refractivity contribution in [1.82, 2.24) is 0 Å². The molecule has 1 amide bonds. The third-order valence-electron chi connectivity index (χ3n) is 10.1. The first-order valence-electron chi connectivity index (χ1n) is 20.5. The number of esters is 1. The van der Waals surface area contributed by atoms with E-state index in [-0.39, 0.29) is 19.1 Å². The largest absolute Gasteiger partial charge is 0.488 e. The molecule has 5 nitrogen and oxygen atoms in total. The summed E-state index contributed by atoms with van der Waals surface area (Å²) in [5, 5.41) is 0. The van der Waals surface area contributed by atoms with Crippen LogP contribution in [0.1, 0.15) is 103 Å². The lowest BCUT2D eigenvalue weighted by Crippen LogP contribution is -2.29. The van der Waals surface area contributed by atoms with E-state index in [4.69, 9.17) is 9.47 Å². The average molecular weight is 760 g/mol. The van der Waals surface area contributed by atoms with Crippen molar-refractivity contribution in [3.8, 4) is 16.9 Å². The first kappa shape index (κ1) is 42.2. The van der Waals surface area contributed by atoms with Gasteiger partial charge in [0.1, 0.15) is 24.5 Å². The summed E-state index contributed by atoms with van der Waals surface area (Å²) in [6.45, 7) is 8.86. The molecule has 6 aromatic rings. The Morgan fingerprint density at radius 2 is 1.18 bits per heavy atom. The first-order valence-corrected chi connectivity index (χ1v) is 20.5. The van der Waals surface area contributed by atoms with E-state index in [1.807, 2.05) is 87.5 Å². The first-order chi connectivity index (χ1) is 28.0. The molecule has 1 aliphatic carbocycles. The van der Waals surface area contributed by atoms with Crippen molar-refractivity contribution in [2.75, 3.05) is 4.90 Å². The fourth-order valence-electron chi connectivity index (χ4n) is 6.91. The van der Waals surface area contributed by atoms with Gasteiger partial charge in [-0.1, -0.05) is 185 Å². The monoisotopic (exact) mass is 759 g/mol. The molecule has 1 aliphatic rings. The third kappa shape index (κ3) is 12.8. The zero-order valence-corrected chi connectivity index (χ0v) is 34.0. The summed E-state index contributed by atoms with van der Waals surface area (Å²) in [5.41, 5.74) is 9.21. The number of rotatable bonds is 12. The van der Waals surface area contributed by atoms with Crippen LogP contribution in [0.15, 0.2) is 158 Å². The van der Waals surface area contributed by atoms with Gasteiger partial charge in [0.05, 0.1) is 6.54 Å². The number of aryl methyl sites for hydroxylation is 1. The highest BCUT2D eigenvalue weighted by molar-refractivity contribution is 5.96. The molecule has 1 fully saturated rings. The number of hydrogen-bond acceptors (Lipinski definition) is 4. The molecule has 0 spiro atoms. The van der Waals surface area contributed by atoms with Crippen molar-refractivity contribution < 1.29 is 19.1 Å². The lowest BCUT2D eigenvalue weighted by Gasteiger charge is -2.25. The van der Waals surface area contributed by atoms with Gasteiger partial charge in [0.15, 0.2) is 0 Å². The van der Waals surface area contributed by atoms with Crippen molar-refractivity contribution >= 4 is 17.6 Å². The summed E-state index contributed by atoms with van der Waals surface area (Å²) in [4.78, 5) is 28.2. The van der Waals surface area contributed by atoms with Crippen LogP contribution in [0.3, 0.4) is 0 Å². The molecule has 6 aromatic carbocycles. The summed E-state index contributed by atoms with van der Waals surface area (Å²) in [6, 6.07) is 52.4. The van der Waals surface area contributed by atoms with Gasteiger partial charge in [0.25, 0.3) is 0 Å². The quantitative estimate of drug-likeness (QED) is 0.117. The summed E-state index contributed by atoms with van der Waals surface area (Å²) in [6.07, 6.45) is 6.81. The van der Waals surface area contributed by atoms with Crippen LogP contribution in [0, 0.1) is 6.92 Å². The van der Waals surface area contributed by atoms with Crippen molar-refractivity contribution in [2.24, 2.45) is 0 Å². The van der Waals surface area contributed by atoms with Crippen molar-refractivity contribution in [3.63, 3.8) is 0 Å². The molecule has 0 atom stereocenters. The predicted octanol–water partition coefficient (Wildman–Crippen LogP) is 13.3. The van der Waals surface area contributed by atoms with Gasteiger partial charge in [-0.25, -0.2) is 4.79 Å². The molecule has 294 valence electrons. The van der Waals surface area contributed by atoms with E-state index >= 15 is 0 Å². The van der Waals surface area contributed by atoms with Crippen LogP contribution in [0.25, 0.3) is 11.1 Å². The van der Waals surface area contributed by atoms with Crippen LogP contribution in [0.5, 0.6) is 5.75 Å². The van der Waals surface area contributed by atoms with E-state index in [9.17, 15) is 9.59 Å². The Kier molecular flexibility index (Phi) is 16.7. The highest BCUT2D eigenvalue weighted by Gasteiger charge is 2.21. The lowest BCUT2D eigenvalue weighted by atomic mass is 9.84. The van der Waals surface area contributed by atoms with Gasteiger partial charge in [-0.15, -0.1) is 0 Å². The van der Waals surface area contributed by atoms with Crippen molar-refractivity contribution in [1.29, 1.82) is 0 Å². The fraction of sp³-hybridized carbons (Fsp3) is 0.269. The third-order valence-corrected chi connectivity index (χ3v) is 10.1. The zero-order chi connectivity index (χ0) is 40.2. The smallest absolute Gasteiger partial charge is 0.342 e. The molecule has 0 aromatic heterocycles. The second kappa shape index (κ2) is 22.6. The van der Waals surface area contributed by atoms with Crippen LogP contribution < -0.4 is 9.64 Å². The number of ether oxygens (including phenoxy) is 2. The van der Waals surface area contributed by atoms with E-state index < -0.39 is 5.97 Å². The molecule has 5 heteroatoms. The molecule has 0 radical (unpaired) electrons. The number of carbonyl (C=O) groups is 2. The number of nitrogens with zero attached hydrogens (tertiary/aromatic N) is 1. The van der Waals surface area contributed by atoms with Gasteiger partial charge in [0, 0.05) is 18.2 Å². The minimum atomic E-state index is -0.472. The molecule has 0 N–H and O–H groups in total. The molecule has 0 unspecified atom stereocenters. The maximum atomic E-state index is 13.2. The second-order valence-electron chi connectivity index (χ2n) is 14.2. The fourth-order valence-corrected chi connectivity index (χ4v) is 6.91. The van der Waals surface area contributed by atoms with E-state index in [0.717, 1.165) is 16.7 Å². The number of benzene rings is 6. The summed E-state index contributed by atoms with van der Waals surface area (Å²) < 4.78 is 11.8. The van der Waals surface area contributed by atoms with Gasteiger partial charge in [-0.3, -0.25) is 4.79 Å². The molecule has 0 bridgehead atoms. The van der Waals surface area contributed by atoms with Crippen LogP contribution >= 0.6 is 0 Å². The van der Waals surface area contributed by atoms with Crippen molar-refractivity contribution in [3.05, 3.63) is 191 Å². The Morgan fingerprint density at radius 3 is 1.77 bits per heavy atom. The molecule has 0 saturated heterocycles. The Balaban J connectivity index is 0.000000346. The SMILES string of the molecule is CC.CCC(=O)N(Cc1ccc(C2CCCCC2)cc1)c1ccc(C(=O)OCc2ccccc2)c(OCc2ccccc2)c1.Cc1ccc(-c2ccccc2)cc1. The molecule has 1 saturated carbocycles. The van der Waals surface area contributed by atoms with Crippen LogP contribution in [-0.2, 0) is 29.3 Å². The van der Waals surface area contributed by atoms with Crippen LogP contribution in [-0.4, -0.2) is 11.9 Å². The normalized spacial score (nSPS) is 12.2. The number of hydrogen-bond donors (Lipinski definition) is 0. The molecule has 57 heavy (non-hydrogen) atoms. The van der Waals surface area contributed by atoms with Crippen molar-refractivity contribution in [2.45, 2.75) is 91.9 Å². The second-order valence-corrected chi connectivity index (χ2v) is 14.2. The summed E-state index contributed by atoms with van der Waals surface area (Å²) >= 11 is 0. The minimum absolute atomic E-state index is 0.000212. The van der Waals surface area contributed by atoms with Gasteiger partial charge in [-0.2, -0.15) is 0 Å². The predicted molar refractivity (Wildman–Crippen MR) is 234 cm³/mol. The minimum Gasteiger partial charge on any atom is -0.488 e. The molecule has 0 heterocycles. The average Bonchev–Trinajstić information content (AvgIpc) is 3.29. The molecule has 0 aliphatic heterocycles. The van der Waals surface area contributed by atoms with Gasteiger partial charge >= 0.3 is 5.97 Å². The Hall–Kier alpha value is -5.94. The maximum absolute atomic E-state index is 13.2. The molecular formula is C52H57NO4. The summed E-state index contributed by atoms with van der Waals surface area (Å²) in [5.74, 6) is 0.551.